The van der Waals surface area contributed by atoms with Crippen molar-refractivity contribution in [2.45, 2.75) is 32.6 Å². The largest absolute Gasteiger partial charge is 0.465 e. The van der Waals surface area contributed by atoms with Crippen LogP contribution in [0.4, 0.5) is 0 Å². The van der Waals surface area contributed by atoms with Gasteiger partial charge in [-0.1, -0.05) is 19.8 Å². The maximum atomic E-state index is 12.3. The van der Waals surface area contributed by atoms with Gasteiger partial charge in [-0.15, -0.1) is 0 Å². The van der Waals surface area contributed by atoms with Crippen molar-refractivity contribution in [3.8, 4) is 0 Å². The average Bonchev–Trinajstić information content (AvgIpc) is 2.49. The second-order valence-corrected chi connectivity index (χ2v) is 8.43. The van der Waals surface area contributed by atoms with Crippen molar-refractivity contribution >= 4 is 22.1 Å². The third-order valence-electron chi connectivity index (χ3n) is 4.42. The highest BCUT2D eigenvalue weighted by molar-refractivity contribution is 7.85. The summed E-state index contributed by atoms with van der Waals surface area (Å²) in [5.74, 6) is -2.88. The Morgan fingerprint density at radius 3 is 2.12 bits per heavy atom. The van der Waals surface area contributed by atoms with Crippen molar-refractivity contribution in [3.05, 3.63) is 0 Å². The van der Waals surface area contributed by atoms with E-state index >= 15 is 0 Å². The van der Waals surface area contributed by atoms with E-state index < -0.39 is 46.3 Å². The topological polar surface area (TPSA) is 116 Å². The summed E-state index contributed by atoms with van der Waals surface area (Å²) >= 11 is 0. The lowest BCUT2D eigenvalue weighted by Gasteiger charge is -2.38. The molecule has 0 aromatic rings. The molecule has 1 aliphatic heterocycles. The molecular weight excluding hydrogens is 340 g/mol. The molecule has 24 heavy (non-hydrogen) atoms. The van der Waals surface area contributed by atoms with Gasteiger partial charge < -0.3 is 14.2 Å². The van der Waals surface area contributed by atoms with Crippen LogP contribution in [-0.4, -0.2) is 57.1 Å². The van der Waals surface area contributed by atoms with E-state index in [1.54, 1.807) is 0 Å². The standard InChI is InChI=1S/C15H24O8S/c1-15(8-21-9-15)10-23-14(17)12-5-3-2-4-11(12)13(16)22-6-7-24(18,19)20/h11-12H,2-10H2,1H3,(H,18,19,20). The summed E-state index contributed by atoms with van der Waals surface area (Å²) in [7, 11) is -4.18. The van der Waals surface area contributed by atoms with Gasteiger partial charge in [0.05, 0.1) is 25.0 Å². The van der Waals surface area contributed by atoms with Crippen LogP contribution in [0.5, 0.6) is 0 Å². The number of carbonyl (C=O) groups is 2. The van der Waals surface area contributed by atoms with Gasteiger partial charge in [-0.3, -0.25) is 14.1 Å². The summed E-state index contributed by atoms with van der Waals surface area (Å²) in [4.78, 5) is 24.5. The molecule has 0 spiro atoms. The van der Waals surface area contributed by atoms with E-state index in [1.807, 2.05) is 6.92 Å². The lowest BCUT2D eigenvalue weighted by atomic mass is 9.79. The number of rotatable bonds is 7. The second kappa shape index (κ2) is 7.79. The van der Waals surface area contributed by atoms with Crippen LogP contribution in [0.2, 0.25) is 0 Å². The van der Waals surface area contributed by atoms with Crippen LogP contribution in [0, 0.1) is 17.3 Å². The van der Waals surface area contributed by atoms with Crippen LogP contribution < -0.4 is 0 Å². The van der Waals surface area contributed by atoms with E-state index in [2.05, 4.69) is 0 Å². The molecule has 1 aliphatic carbocycles. The molecule has 2 rings (SSSR count). The van der Waals surface area contributed by atoms with Gasteiger partial charge in [0.15, 0.2) is 0 Å². The number of ether oxygens (including phenoxy) is 3. The fraction of sp³-hybridized carbons (Fsp3) is 0.867. The summed E-state index contributed by atoms with van der Waals surface area (Å²) in [6.45, 7) is 2.89. The van der Waals surface area contributed by atoms with E-state index in [-0.39, 0.29) is 12.0 Å². The van der Waals surface area contributed by atoms with E-state index in [0.717, 1.165) is 12.8 Å². The molecule has 2 unspecified atom stereocenters. The van der Waals surface area contributed by atoms with Gasteiger partial charge in [-0.2, -0.15) is 8.42 Å². The van der Waals surface area contributed by atoms with Crippen LogP contribution in [-0.2, 0) is 33.9 Å². The molecule has 0 aromatic heterocycles. The normalized spacial score (nSPS) is 26.2. The third kappa shape index (κ3) is 5.42. The predicted molar refractivity (Wildman–Crippen MR) is 82.7 cm³/mol. The molecule has 138 valence electrons. The monoisotopic (exact) mass is 364 g/mol. The van der Waals surface area contributed by atoms with Gasteiger partial charge >= 0.3 is 11.9 Å². The van der Waals surface area contributed by atoms with Crippen LogP contribution in [0.3, 0.4) is 0 Å². The fourth-order valence-corrected chi connectivity index (χ4v) is 3.23. The molecular formula is C15H24O8S. The Bertz CT molecular complexity index is 566. The van der Waals surface area contributed by atoms with Crippen LogP contribution >= 0.6 is 0 Å². The van der Waals surface area contributed by atoms with Crippen molar-refractivity contribution in [3.63, 3.8) is 0 Å². The zero-order valence-electron chi connectivity index (χ0n) is 13.7. The molecule has 1 saturated carbocycles. The first-order valence-corrected chi connectivity index (χ1v) is 9.67. The Morgan fingerprint density at radius 2 is 1.67 bits per heavy atom. The summed E-state index contributed by atoms with van der Waals surface area (Å²) in [5.41, 5.74) is -0.157. The first-order valence-electron chi connectivity index (χ1n) is 8.06. The lowest BCUT2D eigenvalue weighted by molar-refractivity contribution is -0.175. The number of esters is 2. The molecule has 9 heteroatoms. The maximum absolute atomic E-state index is 12.3. The highest BCUT2D eigenvalue weighted by Gasteiger charge is 2.40. The predicted octanol–water partition coefficient (Wildman–Crippen LogP) is 0.804. The highest BCUT2D eigenvalue weighted by atomic mass is 32.2. The van der Waals surface area contributed by atoms with Crippen molar-refractivity contribution < 1.29 is 36.8 Å². The van der Waals surface area contributed by atoms with Crippen LogP contribution in [0.15, 0.2) is 0 Å². The molecule has 0 amide bonds. The number of hydrogen-bond acceptors (Lipinski definition) is 7. The smallest absolute Gasteiger partial charge is 0.309 e. The molecule has 2 atom stereocenters. The number of carbonyl (C=O) groups excluding carboxylic acids is 2. The quantitative estimate of drug-likeness (QED) is 0.521. The molecule has 0 bridgehead atoms. The fourth-order valence-electron chi connectivity index (χ4n) is 2.94. The lowest BCUT2D eigenvalue weighted by Crippen LogP contribution is -2.45. The van der Waals surface area contributed by atoms with Gasteiger partial charge in [-0.05, 0) is 12.8 Å². The zero-order valence-corrected chi connectivity index (χ0v) is 14.5. The summed E-state index contributed by atoms with van der Waals surface area (Å²) in [6.07, 6.45) is 2.68. The Hall–Kier alpha value is -1.19. The molecule has 1 heterocycles. The molecule has 0 radical (unpaired) electrons. The van der Waals surface area contributed by atoms with Crippen molar-refractivity contribution in [1.82, 2.24) is 0 Å². The first-order chi connectivity index (χ1) is 11.2. The van der Waals surface area contributed by atoms with E-state index in [0.29, 0.717) is 26.1 Å². The molecule has 8 nitrogen and oxygen atoms in total. The molecule has 2 aliphatic rings. The van der Waals surface area contributed by atoms with E-state index in [9.17, 15) is 18.0 Å². The minimum absolute atomic E-state index is 0.157. The molecule has 2 fully saturated rings. The Morgan fingerprint density at radius 1 is 1.12 bits per heavy atom. The zero-order chi connectivity index (χ0) is 17.8. The minimum Gasteiger partial charge on any atom is -0.465 e. The molecule has 1 N–H and O–H groups in total. The average molecular weight is 364 g/mol. The molecule has 0 aromatic carbocycles. The Kier molecular flexibility index (Phi) is 6.22. The van der Waals surface area contributed by atoms with Crippen molar-refractivity contribution in [1.29, 1.82) is 0 Å². The van der Waals surface area contributed by atoms with Gasteiger partial charge in [0.1, 0.15) is 19.0 Å². The first kappa shape index (κ1) is 19.1. The Labute approximate surface area is 141 Å². The van der Waals surface area contributed by atoms with Crippen molar-refractivity contribution in [2.24, 2.45) is 17.3 Å². The maximum Gasteiger partial charge on any atom is 0.309 e. The third-order valence-corrected chi connectivity index (χ3v) is 5.10. The summed E-state index contributed by atoms with van der Waals surface area (Å²) < 4.78 is 45.3. The van der Waals surface area contributed by atoms with Gasteiger partial charge in [0.2, 0.25) is 0 Å². The van der Waals surface area contributed by atoms with E-state index in [1.165, 1.54) is 0 Å². The minimum atomic E-state index is -4.18. The van der Waals surface area contributed by atoms with E-state index in [4.69, 9.17) is 18.8 Å². The second-order valence-electron chi connectivity index (χ2n) is 6.86. The summed E-state index contributed by atoms with van der Waals surface area (Å²) in [5, 5.41) is 0. The Balaban J connectivity index is 1.86. The number of hydrogen-bond donors (Lipinski definition) is 1. The highest BCUT2D eigenvalue weighted by Crippen LogP contribution is 2.33. The van der Waals surface area contributed by atoms with Gasteiger partial charge in [0, 0.05) is 5.41 Å². The van der Waals surface area contributed by atoms with Gasteiger partial charge in [0.25, 0.3) is 10.1 Å². The van der Waals surface area contributed by atoms with Crippen LogP contribution in [0.1, 0.15) is 32.6 Å². The van der Waals surface area contributed by atoms with Crippen LogP contribution in [0.25, 0.3) is 0 Å². The van der Waals surface area contributed by atoms with Gasteiger partial charge in [-0.25, -0.2) is 0 Å². The molecule has 1 saturated heterocycles. The van der Waals surface area contributed by atoms with Crippen molar-refractivity contribution in [2.75, 3.05) is 32.2 Å². The SMILES string of the molecule is CC1(COC(=O)C2CCCCC2C(=O)OCCS(=O)(=O)O)COC1. The summed E-state index contributed by atoms with van der Waals surface area (Å²) in [6, 6.07) is 0.